The predicted octanol–water partition coefficient (Wildman–Crippen LogP) is 3.07. The van der Waals surface area contributed by atoms with E-state index >= 15 is 0 Å². The van der Waals surface area contributed by atoms with Crippen LogP contribution in [0.1, 0.15) is 40.0 Å². The highest BCUT2D eigenvalue weighted by Gasteiger charge is 2.31. The SMILES string of the molecule is C[C@H](NC(=O)c1cccs1)C(=O)N1CCc2sccc2[C@@H]1C. The van der Waals surface area contributed by atoms with Crippen molar-refractivity contribution in [3.05, 3.63) is 44.3 Å². The van der Waals surface area contributed by atoms with Gasteiger partial charge in [-0.1, -0.05) is 6.07 Å². The second kappa shape index (κ2) is 6.22. The average Bonchev–Trinajstić information content (AvgIpc) is 3.18. The lowest BCUT2D eigenvalue weighted by atomic mass is 10.0. The zero-order valence-electron chi connectivity index (χ0n) is 12.5. The standard InChI is InChI=1S/C16H18N2O2S2/c1-10(17-15(19)14-4-3-8-21-14)16(20)18-7-5-13-12(11(18)2)6-9-22-13/h3-4,6,8-11H,5,7H2,1-2H3,(H,17,19)/t10-,11-/m0/s1. The van der Waals surface area contributed by atoms with Crippen molar-refractivity contribution in [2.24, 2.45) is 0 Å². The van der Waals surface area contributed by atoms with Crippen molar-refractivity contribution in [3.8, 4) is 0 Å². The van der Waals surface area contributed by atoms with Crippen LogP contribution in [0.25, 0.3) is 0 Å². The number of carbonyl (C=O) groups is 2. The lowest BCUT2D eigenvalue weighted by Gasteiger charge is -2.35. The maximum atomic E-state index is 12.7. The Labute approximate surface area is 137 Å². The van der Waals surface area contributed by atoms with Crippen molar-refractivity contribution in [1.29, 1.82) is 0 Å². The number of carbonyl (C=O) groups excluding carboxylic acids is 2. The molecule has 116 valence electrons. The van der Waals surface area contributed by atoms with E-state index in [4.69, 9.17) is 0 Å². The monoisotopic (exact) mass is 334 g/mol. The van der Waals surface area contributed by atoms with Crippen LogP contribution in [-0.4, -0.2) is 29.3 Å². The van der Waals surface area contributed by atoms with E-state index in [0.717, 1.165) is 6.42 Å². The molecule has 0 unspecified atom stereocenters. The first-order valence-corrected chi connectivity index (χ1v) is 9.05. The molecular formula is C16H18N2O2S2. The molecule has 4 nitrogen and oxygen atoms in total. The van der Waals surface area contributed by atoms with Crippen LogP contribution in [0.15, 0.2) is 29.0 Å². The summed E-state index contributed by atoms with van der Waals surface area (Å²) in [7, 11) is 0. The summed E-state index contributed by atoms with van der Waals surface area (Å²) < 4.78 is 0. The van der Waals surface area contributed by atoms with Gasteiger partial charge in [0.05, 0.1) is 10.9 Å². The largest absolute Gasteiger partial charge is 0.340 e. The smallest absolute Gasteiger partial charge is 0.261 e. The predicted molar refractivity (Wildman–Crippen MR) is 89.4 cm³/mol. The van der Waals surface area contributed by atoms with Gasteiger partial charge in [-0.15, -0.1) is 22.7 Å². The van der Waals surface area contributed by atoms with Crippen molar-refractivity contribution >= 4 is 34.5 Å². The van der Waals surface area contributed by atoms with Crippen LogP contribution >= 0.6 is 22.7 Å². The molecule has 0 spiro atoms. The normalized spacial score (nSPS) is 18.6. The van der Waals surface area contributed by atoms with Gasteiger partial charge in [0.2, 0.25) is 5.91 Å². The summed E-state index contributed by atoms with van der Waals surface area (Å²) in [5, 5.41) is 6.73. The van der Waals surface area contributed by atoms with E-state index in [9.17, 15) is 9.59 Å². The van der Waals surface area contributed by atoms with Crippen LogP contribution in [0.2, 0.25) is 0 Å². The molecule has 2 aromatic heterocycles. The first kappa shape index (κ1) is 15.2. The quantitative estimate of drug-likeness (QED) is 0.938. The van der Waals surface area contributed by atoms with Crippen LogP contribution < -0.4 is 5.32 Å². The highest BCUT2D eigenvalue weighted by Crippen LogP contribution is 2.33. The average molecular weight is 334 g/mol. The summed E-state index contributed by atoms with van der Waals surface area (Å²) in [5.74, 6) is -0.203. The summed E-state index contributed by atoms with van der Waals surface area (Å²) in [4.78, 5) is 28.6. The van der Waals surface area contributed by atoms with Crippen molar-refractivity contribution in [2.75, 3.05) is 6.54 Å². The van der Waals surface area contributed by atoms with Gasteiger partial charge >= 0.3 is 0 Å². The molecule has 0 saturated carbocycles. The Morgan fingerprint density at radius 3 is 2.86 bits per heavy atom. The summed E-state index contributed by atoms with van der Waals surface area (Å²) in [6.07, 6.45) is 0.897. The molecule has 1 aliphatic rings. The minimum atomic E-state index is -0.516. The van der Waals surface area contributed by atoms with Crippen molar-refractivity contribution < 1.29 is 9.59 Å². The van der Waals surface area contributed by atoms with Gasteiger partial charge in [0.15, 0.2) is 0 Å². The minimum Gasteiger partial charge on any atom is -0.340 e. The second-order valence-electron chi connectivity index (χ2n) is 5.43. The van der Waals surface area contributed by atoms with Crippen LogP contribution in [-0.2, 0) is 11.2 Å². The number of hydrogen-bond acceptors (Lipinski definition) is 4. The van der Waals surface area contributed by atoms with E-state index in [1.165, 1.54) is 21.8 Å². The zero-order chi connectivity index (χ0) is 15.7. The summed E-state index contributed by atoms with van der Waals surface area (Å²) in [6.45, 7) is 4.52. The van der Waals surface area contributed by atoms with Gasteiger partial charge < -0.3 is 10.2 Å². The van der Waals surface area contributed by atoms with E-state index in [0.29, 0.717) is 11.4 Å². The Morgan fingerprint density at radius 2 is 2.14 bits per heavy atom. The number of rotatable bonds is 3. The molecule has 1 aliphatic heterocycles. The molecule has 1 N–H and O–H groups in total. The Hall–Kier alpha value is -1.66. The van der Waals surface area contributed by atoms with Crippen molar-refractivity contribution in [2.45, 2.75) is 32.4 Å². The van der Waals surface area contributed by atoms with Gasteiger partial charge in [-0.2, -0.15) is 0 Å². The zero-order valence-corrected chi connectivity index (χ0v) is 14.2. The van der Waals surface area contributed by atoms with Gasteiger partial charge in [-0.3, -0.25) is 9.59 Å². The van der Waals surface area contributed by atoms with Gasteiger partial charge in [0.1, 0.15) is 6.04 Å². The Morgan fingerprint density at radius 1 is 1.32 bits per heavy atom. The number of nitrogens with zero attached hydrogens (tertiary/aromatic N) is 1. The number of hydrogen-bond donors (Lipinski definition) is 1. The molecular weight excluding hydrogens is 316 g/mol. The topological polar surface area (TPSA) is 49.4 Å². The lowest BCUT2D eigenvalue weighted by molar-refractivity contribution is -0.135. The molecule has 0 fully saturated rings. The highest BCUT2D eigenvalue weighted by atomic mass is 32.1. The van der Waals surface area contributed by atoms with Gasteiger partial charge in [0.25, 0.3) is 5.91 Å². The Balaban J connectivity index is 1.67. The summed E-state index contributed by atoms with van der Waals surface area (Å²) >= 11 is 3.13. The summed E-state index contributed by atoms with van der Waals surface area (Å²) in [5.41, 5.74) is 1.24. The van der Waals surface area contributed by atoms with Crippen LogP contribution in [0.4, 0.5) is 0 Å². The fraction of sp³-hybridized carbons (Fsp3) is 0.375. The van der Waals surface area contributed by atoms with Crippen molar-refractivity contribution in [3.63, 3.8) is 0 Å². The first-order chi connectivity index (χ1) is 10.6. The number of amides is 2. The third-order valence-electron chi connectivity index (χ3n) is 4.02. The fourth-order valence-corrected chi connectivity index (χ4v) is 4.39. The lowest BCUT2D eigenvalue weighted by Crippen LogP contribution is -2.49. The van der Waals surface area contributed by atoms with E-state index in [1.807, 2.05) is 16.3 Å². The molecule has 0 aliphatic carbocycles. The third-order valence-corrected chi connectivity index (χ3v) is 5.89. The van der Waals surface area contributed by atoms with Gasteiger partial charge in [0, 0.05) is 11.4 Å². The molecule has 22 heavy (non-hydrogen) atoms. The second-order valence-corrected chi connectivity index (χ2v) is 7.38. The molecule has 0 bridgehead atoms. The van der Waals surface area contributed by atoms with Crippen LogP contribution in [0.3, 0.4) is 0 Å². The molecule has 3 rings (SSSR count). The van der Waals surface area contributed by atoms with Gasteiger partial charge in [-0.25, -0.2) is 0 Å². The molecule has 2 atom stereocenters. The summed E-state index contributed by atoms with van der Waals surface area (Å²) in [6, 6.07) is 5.25. The number of thiophene rings is 2. The number of fused-ring (bicyclic) bond motifs is 1. The highest BCUT2D eigenvalue weighted by molar-refractivity contribution is 7.12. The first-order valence-electron chi connectivity index (χ1n) is 7.29. The Bertz CT molecular complexity index is 678. The van der Waals surface area contributed by atoms with Crippen LogP contribution in [0.5, 0.6) is 0 Å². The van der Waals surface area contributed by atoms with E-state index in [2.05, 4.69) is 23.7 Å². The van der Waals surface area contributed by atoms with E-state index in [-0.39, 0.29) is 17.9 Å². The van der Waals surface area contributed by atoms with Crippen LogP contribution in [0, 0.1) is 0 Å². The maximum Gasteiger partial charge on any atom is 0.261 e. The molecule has 0 radical (unpaired) electrons. The molecule has 2 amide bonds. The van der Waals surface area contributed by atoms with E-state index in [1.54, 1.807) is 24.3 Å². The molecule has 2 aromatic rings. The number of nitrogens with one attached hydrogen (secondary N) is 1. The fourth-order valence-electron chi connectivity index (χ4n) is 2.80. The van der Waals surface area contributed by atoms with E-state index < -0.39 is 6.04 Å². The van der Waals surface area contributed by atoms with Crippen molar-refractivity contribution in [1.82, 2.24) is 10.2 Å². The third kappa shape index (κ3) is 2.80. The molecule has 3 heterocycles. The maximum absolute atomic E-state index is 12.7. The molecule has 0 saturated heterocycles. The minimum absolute atomic E-state index is 0.0192. The molecule has 6 heteroatoms. The Kier molecular flexibility index (Phi) is 4.31. The van der Waals surface area contributed by atoms with Gasteiger partial charge in [-0.05, 0) is 48.7 Å². The molecule has 0 aromatic carbocycles.